The van der Waals surface area contributed by atoms with Gasteiger partial charge in [0.05, 0.1) is 12.4 Å². The molecule has 0 saturated heterocycles. The van der Waals surface area contributed by atoms with Crippen molar-refractivity contribution in [3.05, 3.63) is 35.1 Å². The van der Waals surface area contributed by atoms with E-state index in [1.807, 2.05) is 49.6 Å². The third-order valence-corrected chi connectivity index (χ3v) is 6.63. The molecule has 1 amide bonds. The van der Waals surface area contributed by atoms with Crippen LogP contribution in [-0.2, 0) is 11.2 Å². The lowest BCUT2D eigenvalue weighted by Crippen LogP contribution is -2.23. The van der Waals surface area contributed by atoms with Crippen molar-refractivity contribution in [1.82, 2.24) is 25.0 Å². The molecule has 0 aliphatic carbocycles. The number of carbonyl (C=O) groups excluding carboxylic acids is 1. The van der Waals surface area contributed by atoms with Crippen LogP contribution in [0.15, 0.2) is 29.4 Å². The molecule has 3 rings (SSSR count). The van der Waals surface area contributed by atoms with E-state index in [1.54, 1.807) is 7.11 Å². The Labute approximate surface area is 195 Å². The highest BCUT2D eigenvalue weighted by Crippen LogP contribution is 2.30. The highest BCUT2D eigenvalue weighted by Gasteiger charge is 2.25. The molecular formula is C21H28N6O3S2. The van der Waals surface area contributed by atoms with E-state index in [1.165, 1.54) is 23.1 Å². The van der Waals surface area contributed by atoms with Crippen molar-refractivity contribution >= 4 is 34.1 Å². The maximum atomic E-state index is 12.6. The highest BCUT2D eigenvalue weighted by molar-refractivity contribution is 8.00. The number of ether oxygens (including phenoxy) is 2. The Balaban J connectivity index is 1.70. The Morgan fingerprint density at radius 1 is 1.09 bits per heavy atom. The van der Waals surface area contributed by atoms with Gasteiger partial charge in [-0.15, -0.1) is 20.4 Å². The summed E-state index contributed by atoms with van der Waals surface area (Å²) in [6.07, 6.45) is 0.458. The molecule has 172 valence electrons. The lowest BCUT2D eigenvalue weighted by atomic mass is 10.3. The number of methoxy groups -OCH3 is 1. The number of hydrogen-bond acceptors (Lipinski definition) is 9. The average molecular weight is 477 g/mol. The van der Waals surface area contributed by atoms with Crippen molar-refractivity contribution in [2.75, 3.05) is 12.4 Å². The molecule has 0 saturated carbocycles. The fourth-order valence-electron chi connectivity index (χ4n) is 2.91. The second-order valence-electron chi connectivity index (χ2n) is 7.34. The topological polar surface area (TPSA) is 104 Å². The summed E-state index contributed by atoms with van der Waals surface area (Å²) in [5.41, 5.74) is 0. The molecule has 0 spiro atoms. The minimum Gasteiger partial charge on any atom is -0.497 e. The van der Waals surface area contributed by atoms with E-state index in [2.05, 4.69) is 39.6 Å². The molecule has 2 aromatic heterocycles. The van der Waals surface area contributed by atoms with Crippen molar-refractivity contribution in [2.45, 2.75) is 63.6 Å². The van der Waals surface area contributed by atoms with Crippen molar-refractivity contribution in [3.8, 4) is 11.5 Å². The van der Waals surface area contributed by atoms with Gasteiger partial charge in [-0.1, -0.05) is 30.0 Å². The van der Waals surface area contributed by atoms with E-state index in [9.17, 15) is 4.79 Å². The van der Waals surface area contributed by atoms with Gasteiger partial charge in [0.1, 0.15) is 16.5 Å². The number of aromatic nitrogens is 5. The summed E-state index contributed by atoms with van der Waals surface area (Å²) in [7, 11) is 1.63. The van der Waals surface area contributed by atoms with E-state index in [0.29, 0.717) is 21.9 Å². The molecule has 32 heavy (non-hydrogen) atoms. The smallest absolute Gasteiger partial charge is 0.239 e. The van der Waals surface area contributed by atoms with Crippen LogP contribution in [0, 0.1) is 0 Å². The van der Waals surface area contributed by atoms with Gasteiger partial charge in [-0.05, 0) is 58.4 Å². The normalized spacial score (nSPS) is 13.1. The van der Waals surface area contributed by atoms with Crippen LogP contribution in [0.4, 0.5) is 5.13 Å². The number of rotatable bonds is 10. The lowest BCUT2D eigenvalue weighted by Gasteiger charge is -2.19. The van der Waals surface area contributed by atoms with Gasteiger partial charge in [0.2, 0.25) is 11.0 Å². The number of nitrogens with zero attached hydrogens (tertiary/aromatic N) is 5. The molecular weight excluding hydrogens is 448 g/mol. The molecule has 9 nitrogen and oxygen atoms in total. The first-order valence-corrected chi connectivity index (χ1v) is 12.1. The predicted octanol–water partition coefficient (Wildman–Crippen LogP) is 4.54. The number of nitrogens with one attached hydrogen (secondary N) is 1. The van der Waals surface area contributed by atoms with Gasteiger partial charge in [-0.2, -0.15) is 0 Å². The fourth-order valence-corrected chi connectivity index (χ4v) is 4.58. The molecule has 11 heteroatoms. The van der Waals surface area contributed by atoms with Crippen molar-refractivity contribution < 1.29 is 14.3 Å². The Hall–Kier alpha value is -2.66. The summed E-state index contributed by atoms with van der Waals surface area (Å²) in [6, 6.07) is 7.49. The number of aryl methyl sites for hydroxylation is 1. The zero-order valence-corrected chi connectivity index (χ0v) is 20.7. The quantitative estimate of drug-likeness (QED) is 0.425. The molecule has 0 aliphatic heterocycles. The first-order valence-electron chi connectivity index (χ1n) is 10.4. The SMILES string of the molecule is CCc1nnc(NC(=O)C(C)Sc2nnc(C(C)Oc3ccc(OC)cc3)n2C(C)C)s1. The lowest BCUT2D eigenvalue weighted by molar-refractivity contribution is -0.115. The molecule has 0 aliphatic rings. The third kappa shape index (κ3) is 5.77. The van der Waals surface area contributed by atoms with Gasteiger partial charge in [-0.25, -0.2) is 0 Å². The summed E-state index contributed by atoms with van der Waals surface area (Å²) in [6.45, 7) is 9.86. The molecule has 1 aromatic carbocycles. The highest BCUT2D eigenvalue weighted by atomic mass is 32.2. The Bertz CT molecular complexity index is 1030. The standard InChI is InChI=1S/C21H28N6O3S2/c1-7-17-23-25-20(32-17)22-19(28)14(5)31-21-26-24-18(27(21)12(2)3)13(4)30-16-10-8-15(29-6)9-11-16/h8-14H,7H2,1-6H3,(H,22,25,28). The van der Waals surface area contributed by atoms with Crippen LogP contribution in [0.2, 0.25) is 0 Å². The number of amides is 1. The fraction of sp³-hybridized carbons (Fsp3) is 0.476. The second-order valence-corrected chi connectivity index (χ2v) is 9.71. The van der Waals surface area contributed by atoms with Gasteiger partial charge in [-0.3, -0.25) is 10.1 Å². The summed E-state index contributed by atoms with van der Waals surface area (Å²) in [5.74, 6) is 2.02. The van der Waals surface area contributed by atoms with Gasteiger partial charge in [0.15, 0.2) is 17.1 Å². The van der Waals surface area contributed by atoms with Crippen molar-refractivity contribution in [2.24, 2.45) is 0 Å². The molecule has 0 bridgehead atoms. The van der Waals surface area contributed by atoms with Gasteiger partial charge < -0.3 is 14.0 Å². The molecule has 2 unspecified atom stereocenters. The van der Waals surface area contributed by atoms with Crippen LogP contribution in [0.3, 0.4) is 0 Å². The minimum absolute atomic E-state index is 0.0925. The van der Waals surface area contributed by atoms with E-state index in [0.717, 1.165) is 17.2 Å². The largest absolute Gasteiger partial charge is 0.497 e. The molecule has 0 radical (unpaired) electrons. The van der Waals surface area contributed by atoms with E-state index in [-0.39, 0.29) is 18.1 Å². The number of benzene rings is 1. The monoisotopic (exact) mass is 476 g/mol. The van der Waals surface area contributed by atoms with Crippen molar-refractivity contribution in [1.29, 1.82) is 0 Å². The van der Waals surface area contributed by atoms with E-state index >= 15 is 0 Å². The predicted molar refractivity (Wildman–Crippen MR) is 126 cm³/mol. The number of anilines is 1. The maximum absolute atomic E-state index is 12.6. The molecule has 2 heterocycles. The Morgan fingerprint density at radius 3 is 2.38 bits per heavy atom. The summed E-state index contributed by atoms with van der Waals surface area (Å²) < 4.78 is 13.3. The number of hydrogen-bond donors (Lipinski definition) is 1. The van der Waals surface area contributed by atoms with Crippen LogP contribution in [0.25, 0.3) is 0 Å². The third-order valence-electron chi connectivity index (χ3n) is 4.59. The Kier molecular flexibility index (Phi) is 8.08. The zero-order valence-electron chi connectivity index (χ0n) is 19.0. The van der Waals surface area contributed by atoms with Crippen LogP contribution in [-0.4, -0.2) is 43.2 Å². The first kappa shape index (κ1) is 24.0. The molecule has 1 N–H and O–H groups in total. The van der Waals surface area contributed by atoms with Crippen LogP contribution >= 0.6 is 23.1 Å². The van der Waals surface area contributed by atoms with Crippen molar-refractivity contribution in [3.63, 3.8) is 0 Å². The average Bonchev–Trinajstić information content (AvgIpc) is 3.41. The van der Waals surface area contributed by atoms with Crippen LogP contribution in [0.5, 0.6) is 11.5 Å². The van der Waals surface area contributed by atoms with Gasteiger partial charge >= 0.3 is 0 Å². The number of thioether (sulfide) groups is 1. The van der Waals surface area contributed by atoms with Gasteiger partial charge in [0, 0.05) is 6.04 Å². The Morgan fingerprint density at radius 2 is 1.78 bits per heavy atom. The molecule has 0 fully saturated rings. The summed E-state index contributed by atoms with van der Waals surface area (Å²) in [5, 5.41) is 21.2. The van der Waals surface area contributed by atoms with E-state index in [4.69, 9.17) is 9.47 Å². The number of carbonyl (C=O) groups is 1. The van der Waals surface area contributed by atoms with Crippen LogP contribution in [0.1, 0.15) is 57.6 Å². The van der Waals surface area contributed by atoms with Gasteiger partial charge in [0.25, 0.3) is 0 Å². The second kappa shape index (κ2) is 10.8. The first-order chi connectivity index (χ1) is 15.3. The van der Waals surface area contributed by atoms with Crippen LogP contribution < -0.4 is 14.8 Å². The summed E-state index contributed by atoms with van der Waals surface area (Å²) >= 11 is 2.73. The summed E-state index contributed by atoms with van der Waals surface area (Å²) in [4.78, 5) is 12.6. The maximum Gasteiger partial charge on any atom is 0.239 e. The molecule has 2 atom stereocenters. The molecule has 3 aromatic rings. The van der Waals surface area contributed by atoms with E-state index < -0.39 is 5.25 Å². The minimum atomic E-state index is -0.392. The zero-order chi connectivity index (χ0) is 23.3.